The van der Waals surface area contributed by atoms with Crippen LogP contribution < -0.4 is 11.1 Å². The molecular formula is C19H22ClN3OS2. The number of hydrogen-bond acceptors (Lipinski definition) is 5. The summed E-state index contributed by atoms with van der Waals surface area (Å²) >= 11 is 3.37. The molecule has 0 spiro atoms. The van der Waals surface area contributed by atoms with Gasteiger partial charge in [-0.2, -0.15) is 11.8 Å². The smallest absolute Gasteiger partial charge is 0.241 e. The first-order valence-electron chi connectivity index (χ1n) is 8.10. The highest BCUT2D eigenvalue weighted by molar-refractivity contribution is 7.98. The minimum Gasteiger partial charge on any atom is -0.325 e. The van der Waals surface area contributed by atoms with Crippen molar-refractivity contribution in [2.75, 3.05) is 17.3 Å². The summed E-state index contributed by atoms with van der Waals surface area (Å²) in [6.45, 7) is 2.08. The van der Waals surface area contributed by atoms with E-state index in [4.69, 9.17) is 5.73 Å². The van der Waals surface area contributed by atoms with Crippen LogP contribution >= 0.6 is 35.5 Å². The first kappa shape index (κ1) is 20.7. The van der Waals surface area contributed by atoms with Crippen LogP contribution in [0.4, 0.5) is 5.69 Å². The normalized spacial score (nSPS) is 11.8. The lowest BCUT2D eigenvalue weighted by Gasteiger charge is -2.11. The van der Waals surface area contributed by atoms with Gasteiger partial charge in [0.25, 0.3) is 0 Å². The number of carbonyl (C=O) groups is 1. The molecule has 4 nitrogen and oxygen atoms in total. The van der Waals surface area contributed by atoms with E-state index < -0.39 is 6.04 Å². The van der Waals surface area contributed by atoms with Gasteiger partial charge in [-0.15, -0.1) is 23.7 Å². The van der Waals surface area contributed by atoms with Crippen LogP contribution in [-0.2, 0) is 4.79 Å². The van der Waals surface area contributed by atoms with E-state index in [0.717, 1.165) is 27.5 Å². The lowest BCUT2D eigenvalue weighted by molar-refractivity contribution is -0.117. The molecule has 0 aliphatic carbocycles. The minimum absolute atomic E-state index is 0. The van der Waals surface area contributed by atoms with Crippen molar-refractivity contribution in [3.8, 4) is 10.6 Å². The van der Waals surface area contributed by atoms with Gasteiger partial charge >= 0.3 is 0 Å². The predicted octanol–water partition coefficient (Wildman–Crippen LogP) is 4.71. The van der Waals surface area contributed by atoms with E-state index in [-0.39, 0.29) is 18.3 Å². The van der Waals surface area contributed by atoms with E-state index in [1.165, 1.54) is 10.3 Å². The van der Waals surface area contributed by atoms with Crippen molar-refractivity contribution in [1.82, 2.24) is 4.98 Å². The maximum absolute atomic E-state index is 12.1. The molecule has 0 fully saturated rings. The van der Waals surface area contributed by atoms with E-state index in [1.54, 1.807) is 23.1 Å². The van der Waals surface area contributed by atoms with Gasteiger partial charge in [0.15, 0.2) is 0 Å². The number of amides is 1. The summed E-state index contributed by atoms with van der Waals surface area (Å²) in [5, 5.41) is 3.85. The van der Waals surface area contributed by atoms with E-state index in [1.807, 2.05) is 30.5 Å². The van der Waals surface area contributed by atoms with Crippen LogP contribution in [-0.4, -0.2) is 28.9 Å². The van der Waals surface area contributed by atoms with Gasteiger partial charge in [-0.1, -0.05) is 6.07 Å². The zero-order valence-electron chi connectivity index (χ0n) is 14.7. The number of anilines is 1. The van der Waals surface area contributed by atoms with E-state index in [0.29, 0.717) is 6.42 Å². The average Bonchev–Trinajstić information content (AvgIpc) is 3.03. The molecule has 1 heterocycles. The van der Waals surface area contributed by atoms with Crippen LogP contribution in [0.15, 0.2) is 42.5 Å². The largest absolute Gasteiger partial charge is 0.325 e. The number of aryl methyl sites for hydroxylation is 1. The van der Waals surface area contributed by atoms with Crippen molar-refractivity contribution >= 4 is 57.3 Å². The number of carbonyl (C=O) groups excluding carboxylic acids is 1. The van der Waals surface area contributed by atoms with Crippen LogP contribution in [0, 0.1) is 6.92 Å². The SMILES string of the molecule is CSCC[C@H](N)C(=O)Nc1ccc(-c2nc3ccc(C)cc3s2)cc1.Cl. The van der Waals surface area contributed by atoms with Gasteiger partial charge in [0, 0.05) is 11.3 Å². The Kier molecular flexibility index (Phi) is 7.46. The molecule has 7 heteroatoms. The van der Waals surface area contributed by atoms with Gasteiger partial charge in [-0.3, -0.25) is 4.79 Å². The maximum atomic E-state index is 12.1. The number of fused-ring (bicyclic) bond motifs is 1. The van der Waals surface area contributed by atoms with Crippen LogP contribution in [0.2, 0.25) is 0 Å². The van der Waals surface area contributed by atoms with E-state index in [9.17, 15) is 4.79 Å². The van der Waals surface area contributed by atoms with Crippen molar-refractivity contribution in [1.29, 1.82) is 0 Å². The quantitative estimate of drug-likeness (QED) is 0.620. The number of thiazole rings is 1. The fourth-order valence-corrected chi connectivity index (χ4v) is 4.02. The molecule has 0 aliphatic rings. The third-order valence-corrected chi connectivity index (χ3v) is 5.62. The highest BCUT2D eigenvalue weighted by atomic mass is 35.5. The molecule has 0 saturated heterocycles. The zero-order valence-corrected chi connectivity index (χ0v) is 17.1. The molecule has 3 N–H and O–H groups in total. The van der Waals surface area contributed by atoms with Gasteiger partial charge in [0.05, 0.1) is 16.3 Å². The van der Waals surface area contributed by atoms with E-state index >= 15 is 0 Å². The third-order valence-electron chi connectivity index (χ3n) is 3.91. The number of nitrogens with one attached hydrogen (secondary N) is 1. The van der Waals surface area contributed by atoms with Gasteiger partial charge in [-0.25, -0.2) is 4.98 Å². The van der Waals surface area contributed by atoms with E-state index in [2.05, 4.69) is 35.4 Å². The summed E-state index contributed by atoms with van der Waals surface area (Å²) in [7, 11) is 0. The van der Waals surface area contributed by atoms with Crippen molar-refractivity contribution in [3.63, 3.8) is 0 Å². The Labute approximate surface area is 168 Å². The Balaban J connectivity index is 0.00000243. The molecule has 26 heavy (non-hydrogen) atoms. The monoisotopic (exact) mass is 407 g/mol. The van der Waals surface area contributed by atoms with Crippen LogP contribution in [0.1, 0.15) is 12.0 Å². The van der Waals surface area contributed by atoms with Crippen LogP contribution in [0.5, 0.6) is 0 Å². The van der Waals surface area contributed by atoms with Gasteiger partial charge in [0.2, 0.25) is 5.91 Å². The second-order valence-electron chi connectivity index (χ2n) is 5.94. The summed E-state index contributed by atoms with van der Waals surface area (Å²) < 4.78 is 1.19. The summed E-state index contributed by atoms with van der Waals surface area (Å²) in [5.41, 5.74) is 9.94. The molecule has 1 aromatic heterocycles. The summed E-state index contributed by atoms with van der Waals surface area (Å²) in [4.78, 5) is 16.8. The lowest BCUT2D eigenvalue weighted by Crippen LogP contribution is -2.36. The molecular weight excluding hydrogens is 386 g/mol. The van der Waals surface area contributed by atoms with Crippen molar-refractivity contribution in [2.24, 2.45) is 5.73 Å². The number of halogens is 1. The lowest BCUT2D eigenvalue weighted by atomic mass is 10.2. The predicted molar refractivity (Wildman–Crippen MR) is 117 cm³/mol. The van der Waals surface area contributed by atoms with Crippen molar-refractivity contribution < 1.29 is 4.79 Å². The Bertz CT molecular complexity index is 880. The summed E-state index contributed by atoms with van der Waals surface area (Å²) in [5.74, 6) is 0.738. The second kappa shape index (κ2) is 9.37. The van der Waals surface area contributed by atoms with Gasteiger partial charge < -0.3 is 11.1 Å². The Morgan fingerprint density at radius 1 is 1.27 bits per heavy atom. The fraction of sp³-hybridized carbons (Fsp3) is 0.263. The topological polar surface area (TPSA) is 68.0 Å². The molecule has 3 rings (SSSR count). The molecule has 2 aromatic carbocycles. The Morgan fingerprint density at radius 2 is 2.00 bits per heavy atom. The Hall–Kier alpha value is -1.60. The molecule has 0 unspecified atom stereocenters. The Morgan fingerprint density at radius 3 is 2.69 bits per heavy atom. The highest BCUT2D eigenvalue weighted by Gasteiger charge is 2.13. The molecule has 0 saturated carbocycles. The number of nitrogens with zero attached hydrogens (tertiary/aromatic N) is 1. The number of rotatable bonds is 6. The molecule has 138 valence electrons. The first-order chi connectivity index (χ1) is 12.1. The molecule has 1 atom stereocenters. The molecule has 1 amide bonds. The summed E-state index contributed by atoms with van der Waals surface area (Å²) in [6, 6.07) is 13.6. The van der Waals surface area contributed by atoms with Gasteiger partial charge in [-0.05, 0) is 67.3 Å². The molecule has 0 bridgehead atoms. The molecule has 0 radical (unpaired) electrons. The average molecular weight is 408 g/mol. The van der Waals surface area contributed by atoms with Gasteiger partial charge in [0.1, 0.15) is 5.01 Å². The van der Waals surface area contributed by atoms with Crippen LogP contribution in [0.3, 0.4) is 0 Å². The first-order valence-corrected chi connectivity index (χ1v) is 10.3. The molecule has 3 aromatic rings. The zero-order chi connectivity index (χ0) is 17.8. The van der Waals surface area contributed by atoms with Crippen molar-refractivity contribution in [3.05, 3.63) is 48.0 Å². The second-order valence-corrected chi connectivity index (χ2v) is 7.96. The number of aromatic nitrogens is 1. The number of hydrogen-bond donors (Lipinski definition) is 2. The van der Waals surface area contributed by atoms with Crippen LogP contribution in [0.25, 0.3) is 20.8 Å². The number of thioether (sulfide) groups is 1. The maximum Gasteiger partial charge on any atom is 0.241 e. The minimum atomic E-state index is -0.473. The standard InChI is InChI=1S/C19H21N3OS2.ClH/c1-12-3-8-16-17(11-12)25-19(22-16)13-4-6-14(7-5-13)21-18(23)15(20)9-10-24-2;/h3-8,11,15H,9-10,20H2,1-2H3,(H,21,23);1H/t15-;/m0./s1. The van der Waals surface area contributed by atoms with Crippen molar-refractivity contribution in [2.45, 2.75) is 19.4 Å². The third kappa shape index (κ3) is 4.98. The highest BCUT2D eigenvalue weighted by Crippen LogP contribution is 2.31. The number of benzene rings is 2. The fourth-order valence-electron chi connectivity index (χ4n) is 2.46. The molecule has 0 aliphatic heterocycles. The number of nitrogens with two attached hydrogens (primary N) is 1. The summed E-state index contributed by atoms with van der Waals surface area (Å²) in [6.07, 6.45) is 2.68.